The highest BCUT2D eigenvalue weighted by atomic mass is 19.4. The average Bonchev–Trinajstić information content (AvgIpc) is 3.31. The molecule has 3 saturated heterocycles. The van der Waals surface area contributed by atoms with E-state index in [1.54, 1.807) is 0 Å². The zero-order valence-electron chi connectivity index (χ0n) is 19.5. The Labute approximate surface area is 201 Å². The first kappa shape index (κ1) is 28.4. The molecule has 15 heteroatoms. The molecular formula is C21H26F6O9. The molecule has 206 valence electrons. The van der Waals surface area contributed by atoms with Crippen molar-refractivity contribution in [3.8, 4) is 0 Å². The van der Waals surface area contributed by atoms with Crippen molar-refractivity contribution >= 4 is 17.9 Å². The second-order valence-electron chi connectivity index (χ2n) is 9.35. The van der Waals surface area contributed by atoms with E-state index in [0.717, 1.165) is 0 Å². The van der Waals surface area contributed by atoms with E-state index in [0.29, 0.717) is 6.42 Å². The first-order valence-electron chi connectivity index (χ1n) is 11.2. The molecule has 0 aromatic heterocycles. The lowest BCUT2D eigenvalue weighted by Crippen LogP contribution is -2.45. The van der Waals surface area contributed by atoms with Crippen molar-refractivity contribution in [2.24, 2.45) is 5.92 Å². The first-order valence-corrected chi connectivity index (χ1v) is 11.2. The fraction of sp³-hybridized carbons (Fsp3) is 0.857. The molecule has 9 nitrogen and oxygen atoms in total. The fourth-order valence-corrected chi connectivity index (χ4v) is 4.05. The molecule has 0 bridgehead atoms. The molecule has 3 aliphatic heterocycles. The number of carbonyl (C=O) groups is 3. The molecular weight excluding hydrogens is 510 g/mol. The van der Waals surface area contributed by atoms with Gasteiger partial charge in [0.1, 0.15) is 6.10 Å². The summed E-state index contributed by atoms with van der Waals surface area (Å²) in [7, 11) is 0. The van der Waals surface area contributed by atoms with Crippen LogP contribution in [0.15, 0.2) is 0 Å². The Kier molecular flexibility index (Phi) is 8.16. The van der Waals surface area contributed by atoms with Gasteiger partial charge in [0.15, 0.2) is 24.3 Å². The summed E-state index contributed by atoms with van der Waals surface area (Å²) < 4.78 is 106. The van der Waals surface area contributed by atoms with Gasteiger partial charge in [-0.2, -0.15) is 26.3 Å². The van der Waals surface area contributed by atoms with Crippen LogP contribution in [0.4, 0.5) is 26.3 Å². The maximum Gasteiger partial charge on any atom is 0.434 e. The van der Waals surface area contributed by atoms with Crippen molar-refractivity contribution in [2.45, 2.75) is 108 Å². The second-order valence-corrected chi connectivity index (χ2v) is 9.35. The van der Waals surface area contributed by atoms with Crippen LogP contribution < -0.4 is 0 Å². The summed E-state index contributed by atoms with van der Waals surface area (Å²) in [5, 5.41) is 0. The van der Waals surface area contributed by atoms with E-state index in [-0.39, 0.29) is 25.2 Å². The Bertz CT molecular complexity index is 831. The van der Waals surface area contributed by atoms with Crippen LogP contribution in [-0.4, -0.2) is 72.9 Å². The number of carbonyl (C=O) groups excluding carboxylic acids is 3. The molecule has 0 amide bonds. The van der Waals surface area contributed by atoms with E-state index in [2.05, 4.69) is 4.74 Å². The molecule has 3 heterocycles. The molecule has 0 saturated carbocycles. The molecule has 6 atom stereocenters. The van der Waals surface area contributed by atoms with E-state index in [9.17, 15) is 40.7 Å². The topological polar surface area (TPSA) is 107 Å². The van der Waals surface area contributed by atoms with Crippen molar-refractivity contribution < 1.29 is 69.1 Å². The van der Waals surface area contributed by atoms with Gasteiger partial charge in [0.05, 0.1) is 0 Å². The van der Waals surface area contributed by atoms with E-state index in [4.69, 9.17) is 23.7 Å². The normalized spacial score (nSPS) is 32.0. The molecule has 0 radical (unpaired) electrons. The smallest absolute Gasteiger partial charge is 0.434 e. The predicted molar refractivity (Wildman–Crippen MR) is 103 cm³/mol. The summed E-state index contributed by atoms with van der Waals surface area (Å²) in [5.41, 5.74) is 0. The Morgan fingerprint density at radius 2 is 1.61 bits per heavy atom. The summed E-state index contributed by atoms with van der Waals surface area (Å²) in [6.07, 6.45) is -21.5. The van der Waals surface area contributed by atoms with Crippen LogP contribution in [0.3, 0.4) is 0 Å². The lowest BCUT2D eigenvalue weighted by molar-refractivity contribution is -0.313. The van der Waals surface area contributed by atoms with Crippen molar-refractivity contribution in [3.05, 3.63) is 0 Å². The molecule has 36 heavy (non-hydrogen) atoms. The number of fused-ring (bicyclic) bond motifs is 3. The first-order chi connectivity index (χ1) is 16.5. The summed E-state index contributed by atoms with van der Waals surface area (Å²) >= 11 is 0. The van der Waals surface area contributed by atoms with Gasteiger partial charge >= 0.3 is 30.3 Å². The highest BCUT2D eigenvalue weighted by Crippen LogP contribution is 2.45. The molecule has 6 unspecified atom stereocenters. The molecule has 3 fully saturated rings. The third-order valence-electron chi connectivity index (χ3n) is 5.78. The van der Waals surface area contributed by atoms with E-state index in [1.165, 1.54) is 6.92 Å². The zero-order chi connectivity index (χ0) is 27.1. The minimum atomic E-state index is -5.80. The average molecular weight is 536 g/mol. The Balaban J connectivity index is 1.49. The molecule has 0 aromatic carbocycles. The van der Waals surface area contributed by atoms with Gasteiger partial charge in [0.25, 0.3) is 6.10 Å². The van der Waals surface area contributed by atoms with Gasteiger partial charge < -0.3 is 28.4 Å². The molecule has 3 rings (SSSR count). The quantitative estimate of drug-likeness (QED) is 0.249. The van der Waals surface area contributed by atoms with Gasteiger partial charge in [-0.15, -0.1) is 0 Å². The number of esters is 3. The van der Waals surface area contributed by atoms with Crippen LogP contribution in [0.25, 0.3) is 0 Å². The molecule has 0 spiro atoms. The Morgan fingerprint density at radius 3 is 2.19 bits per heavy atom. The summed E-state index contributed by atoms with van der Waals surface area (Å²) in [4.78, 5) is 35.8. The number of alkyl halides is 6. The molecule has 3 aliphatic rings. The minimum Gasteiger partial charge on any atom is -0.454 e. The third-order valence-corrected chi connectivity index (χ3v) is 5.78. The zero-order valence-corrected chi connectivity index (χ0v) is 19.5. The number of halogens is 6. The lowest BCUT2D eigenvalue weighted by Gasteiger charge is -2.26. The van der Waals surface area contributed by atoms with Crippen molar-refractivity contribution in [1.82, 2.24) is 0 Å². The predicted octanol–water partition coefficient (Wildman–Crippen LogP) is 3.32. The molecule has 0 N–H and O–H groups in total. The highest BCUT2D eigenvalue weighted by molar-refractivity contribution is 5.82. The number of hydrogen-bond donors (Lipinski definition) is 0. The van der Waals surface area contributed by atoms with Crippen LogP contribution in [0.5, 0.6) is 0 Å². The van der Waals surface area contributed by atoms with Gasteiger partial charge in [-0.05, 0) is 25.7 Å². The molecule has 0 aromatic rings. The van der Waals surface area contributed by atoms with E-state index >= 15 is 0 Å². The monoisotopic (exact) mass is 536 g/mol. The fourth-order valence-electron chi connectivity index (χ4n) is 4.05. The number of hydrogen-bond acceptors (Lipinski definition) is 9. The van der Waals surface area contributed by atoms with Gasteiger partial charge in [-0.25, -0.2) is 4.79 Å². The van der Waals surface area contributed by atoms with Crippen LogP contribution in [0.1, 0.15) is 52.9 Å². The van der Waals surface area contributed by atoms with Crippen molar-refractivity contribution in [1.29, 1.82) is 0 Å². The summed E-state index contributed by atoms with van der Waals surface area (Å²) in [5.74, 6) is -4.29. The van der Waals surface area contributed by atoms with Crippen LogP contribution >= 0.6 is 0 Å². The number of rotatable bonds is 9. The SMILES string of the molecule is CC(C)CCC(=O)OC1C(=O)OC2C3OC(C)(CCCC(=O)OC(C(F)(F)F)C(F)(F)F)OC3OC12. The molecule has 0 aliphatic carbocycles. The van der Waals surface area contributed by atoms with Gasteiger partial charge in [0, 0.05) is 19.3 Å². The third kappa shape index (κ3) is 6.59. The van der Waals surface area contributed by atoms with Crippen LogP contribution in [-0.2, 0) is 42.8 Å². The van der Waals surface area contributed by atoms with Crippen LogP contribution in [0, 0.1) is 5.92 Å². The maximum atomic E-state index is 12.5. The maximum absolute atomic E-state index is 12.5. The van der Waals surface area contributed by atoms with Gasteiger partial charge in [-0.1, -0.05) is 13.8 Å². The summed E-state index contributed by atoms with van der Waals surface area (Å²) in [6, 6.07) is 0. The Hall–Kier alpha value is -2.13. The second kappa shape index (κ2) is 10.3. The minimum absolute atomic E-state index is 0.103. The highest BCUT2D eigenvalue weighted by Gasteiger charge is 2.65. The standard InChI is InChI=1S/C21H26F6O9/c1-9(2)6-7-11(29)31-14-12-13(33-16(14)30)15-17(34-12)36-19(3,35-15)8-4-5-10(28)32-18(20(22,23)24)21(25,26)27/h9,12-15,17-18H,4-8H2,1-3H3. The van der Waals surface area contributed by atoms with E-state index in [1.807, 2.05) is 13.8 Å². The lowest BCUT2D eigenvalue weighted by atomic mass is 10.1. The van der Waals surface area contributed by atoms with Crippen molar-refractivity contribution in [3.63, 3.8) is 0 Å². The number of ether oxygens (including phenoxy) is 6. The van der Waals surface area contributed by atoms with Gasteiger partial charge in [0.2, 0.25) is 6.10 Å². The largest absolute Gasteiger partial charge is 0.454 e. The van der Waals surface area contributed by atoms with E-state index < -0.39 is 79.3 Å². The van der Waals surface area contributed by atoms with Crippen molar-refractivity contribution in [2.75, 3.05) is 0 Å². The van der Waals surface area contributed by atoms with Crippen LogP contribution in [0.2, 0.25) is 0 Å². The summed E-state index contributed by atoms with van der Waals surface area (Å²) in [6.45, 7) is 5.26. The Morgan fingerprint density at radius 1 is 0.972 bits per heavy atom. The van der Waals surface area contributed by atoms with Gasteiger partial charge in [-0.3, -0.25) is 9.59 Å².